The first-order valence-electron chi connectivity index (χ1n) is 2.54. The summed E-state index contributed by atoms with van der Waals surface area (Å²) < 4.78 is 4.33. The summed E-state index contributed by atoms with van der Waals surface area (Å²) in [5.74, 6) is -1.85. The molecule has 0 unspecified atom stereocenters. The van der Waals surface area contributed by atoms with Crippen molar-refractivity contribution in [2.24, 2.45) is 0 Å². The maximum Gasteiger partial charge on any atom is 0.316 e. The molecule has 1 N–H and O–H groups in total. The second-order valence-electron chi connectivity index (χ2n) is 1.38. The molecule has 0 fully saturated rings. The molecule has 0 saturated heterocycles. The van der Waals surface area contributed by atoms with Crippen LogP contribution in [0.2, 0.25) is 0 Å². The van der Waals surface area contributed by atoms with E-state index in [0.717, 1.165) is 0 Å². The smallest absolute Gasteiger partial charge is 0.316 e. The van der Waals surface area contributed by atoms with E-state index in [-0.39, 0.29) is 93.5 Å². The third-order valence-corrected chi connectivity index (χ3v) is 0.601. The van der Waals surface area contributed by atoms with Crippen LogP contribution >= 0.6 is 12.4 Å². The Morgan fingerprint density at radius 2 is 1.83 bits per heavy atom. The normalized spacial score (nSPS) is 6.42. The van der Waals surface area contributed by atoms with Crippen LogP contribution in [0, 0.1) is 0 Å². The Balaban J connectivity index is -0.000000107. The molecule has 0 heterocycles. The molecule has 7 heteroatoms. The minimum absolute atomic E-state index is 0. The van der Waals surface area contributed by atoms with Crippen molar-refractivity contribution in [3.05, 3.63) is 0 Å². The molecule has 0 aliphatic heterocycles. The first-order chi connectivity index (χ1) is 4.16. The van der Waals surface area contributed by atoms with E-state index in [1.165, 1.54) is 0 Å². The molecule has 0 atom stereocenters. The van der Waals surface area contributed by atoms with Crippen molar-refractivity contribution in [3.8, 4) is 0 Å². The second-order valence-corrected chi connectivity index (χ2v) is 1.38. The maximum absolute atomic E-state index is 10.3. The van der Waals surface area contributed by atoms with Gasteiger partial charge >= 0.3 is 86.4 Å². The summed E-state index contributed by atoms with van der Waals surface area (Å²) in [5.41, 5.74) is 0. The largest absolute Gasteiger partial charge is 0.316 e. The number of ether oxygens (including phenoxy) is 1. The second kappa shape index (κ2) is 15.1. The van der Waals surface area contributed by atoms with Crippen molar-refractivity contribution in [2.45, 2.75) is 13.3 Å². The maximum atomic E-state index is 10.3. The monoisotopic (exact) mass is 234 g/mol. The Labute approximate surface area is 136 Å². The molecule has 0 bridgehead atoms. The number of carboxylic acid groups (broad SMARTS) is 1. The van der Waals surface area contributed by atoms with Gasteiger partial charge < -0.3 is 9.84 Å². The van der Waals surface area contributed by atoms with Gasteiger partial charge in [-0.1, -0.05) is 0 Å². The van der Waals surface area contributed by atoms with Crippen molar-refractivity contribution in [1.82, 2.24) is 0 Å². The van der Waals surface area contributed by atoms with E-state index in [1.807, 2.05) is 0 Å². The minimum atomic E-state index is -1.16. The van der Waals surface area contributed by atoms with E-state index in [2.05, 4.69) is 4.74 Å². The first kappa shape index (κ1) is 23.4. The Hall–Kier alpha value is 1.63. The Bertz CT molecular complexity index is 133. The van der Waals surface area contributed by atoms with E-state index >= 15 is 0 Å². The van der Waals surface area contributed by atoms with Crippen LogP contribution in [0.25, 0.3) is 0 Å². The zero-order chi connectivity index (χ0) is 7.28. The summed E-state index contributed by atoms with van der Waals surface area (Å²) >= 11 is 0. The molecule has 0 aliphatic carbocycles. The van der Waals surface area contributed by atoms with Crippen LogP contribution in [0.1, 0.15) is 13.3 Å². The average Bonchev–Trinajstić information content (AvgIpc) is 1.63. The zero-order valence-corrected chi connectivity index (χ0v) is 6.31. The summed E-state index contributed by atoms with van der Waals surface area (Å²) in [6.45, 7) is 1.85. The Kier molecular flexibility index (Phi) is 29.5. The van der Waals surface area contributed by atoms with E-state index < -0.39 is 18.4 Å². The number of halogens is 1. The van der Waals surface area contributed by atoms with E-state index in [9.17, 15) is 9.59 Å². The quantitative estimate of drug-likeness (QED) is 0.382. The van der Waals surface area contributed by atoms with Crippen LogP contribution in [0.4, 0.5) is 0 Å². The molecule has 0 amide bonds. The number of carboxylic acids is 1. The van der Waals surface area contributed by atoms with Crippen LogP contribution in [-0.4, -0.2) is 98.1 Å². The van der Waals surface area contributed by atoms with Gasteiger partial charge in [-0.15, -0.1) is 12.4 Å². The molecular weight excluding hydrogens is 223 g/mol. The van der Waals surface area contributed by atoms with Gasteiger partial charge in [0.1, 0.15) is 6.42 Å². The Morgan fingerprint density at radius 3 is 2.08 bits per heavy atom. The summed E-state index contributed by atoms with van der Waals surface area (Å²) in [6.07, 6.45) is -0.548. The number of carbonyl (C=O) groups is 2. The van der Waals surface area contributed by atoms with Gasteiger partial charge in [0.15, 0.2) is 0 Å². The van der Waals surface area contributed by atoms with Crippen molar-refractivity contribution in [2.75, 3.05) is 6.61 Å². The summed E-state index contributed by atoms with van der Waals surface area (Å²) in [7, 11) is 0. The molecule has 0 radical (unpaired) electrons. The van der Waals surface area contributed by atoms with E-state index in [4.69, 9.17) is 5.11 Å². The fourth-order valence-corrected chi connectivity index (χ4v) is 0.335. The molecule has 0 aliphatic rings. The van der Waals surface area contributed by atoms with Crippen LogP contribution in [0.5, 0.6) is 0 Å². The predicted molar refractivity (Wildman–Crippen MR) is 51.8 cm³/mol. The zero-order valence-electron chi connectivity index (χ0n) is 5.49. The number of aliphatic carboxylic acids is 1. The third-order valence-electron chi connectivity index (χ3n) is 0.601. The molecule has 0 aromatic heterocycles. The van der Waals surface area contributed by atoms with Gasteiger partial charge in [-0.25, -0.2) is 0 Å². The molecule has 0 spiro atoms. The van der Waals surface area contributed by atoms with E-state index in [0.29, 0.717) is 0 Å². The number of carbonyl (C=O) groups excluding carboxylic acids is 1. The predicted octanol–water partition coefficient (Wildman–Crippen LogP) is -1.12. The molecule has 0 saturated carbocycles. The first-order valence-corrected chi connectivity index (χ1v) is 2.54. The summed E-state index contributed by atoms with van der Waals surface area (Å²) in [5, 5.41) is 8.01. The minimum Gasteiger partial charge on any atom is 0.316 e. The topological polar surface area (TPSA) is 63.6 Å². The molecule has 0 rings (SSSR count). The van der Waals surface area contributed by atoms with Gasteiger partial charge in [-0.3, -0.25) is 9.59 Å². The molecule has 4 nitrogen and oxygen atoms in total. The molecule has 0 aromatic carbocycles. The van der Waals surface area contributed by atoms with E-state index in [1.54, 1.807) is 6.92 Å². The fraction of sp³-hybridized carbons (Fsp3) is 0.600. The summed E-state index contributed by atoms with van der Waals surface area (Å²) in [4.78, 5) is 20.0. The van der Waals surface area contributed by atoms with Crippen molar-refractivity contribution in [1.29, 1.82) is 0 Å². The third kappa shape index (κ3) is 17.6. The molecular formula is C5H12ClKMgO4. The Morgan fingerprint density at radius 1 is 1.42 bits per heavy atom. The van der Waals surface area contributed by atoms with Gasteiger partial charge in [0, 0.05) is 0 Å². The van der Waals surface area contributed by atoms with Gasteiger partial charge in [0.25, 0.3) is 0 Å². The van der Waals surface area contributed by atoms with Crippen LogP contribution in [-0.2, 0) is 14.3 Å². The van der Waals surface area contributed by atoms with Gasteiger partial charge in [-0.05, 0) is 6.92 Å². The number of hydrogen-bond acceptors (Lipinski definition) is 3. The fourth-order valence-electron chi connectivity index (χ4n) is 0.335. The van der Waals surface area contributed by atoms with Crippen LogP contribution in [0.3, 0.4) is 0 Å². The number of hydrogen-bond donors (Lipinski definition) is 1. The SMILES string of the molecule is CCOC(=O)CC(=O)O.Cl.[KH].[MgH2]. The average molecular weight is 235 g/mol. The van der Waals surface area contributed by atoms with Crippen LogP contribution < -0.4 is 0 Å². The number of esters is 1. The molecule has 66 valence electrons. The van der Waals surface area contributed by atoms with Crippen LogP contribution in [0.15, 0.2) is 0 Å². The standard InChI is InChI=1S/C5H8O4.ClH.K.Mg.3H/c1-2-9-5(8)3-4(6)7;;;;;;/h2-3H2,1H3,(H,6,7);1H;;;;;. The molecule has 12 heavy (non-hydrogen) atoms. The number of rotatable bonds is 3. The summed E-state index contributed by atoms with van der Waals surface area (Å²) in [6, 6.07) is 0. The van der Waals surface area contributed by atoms with Crippen molar-refractivity contribution < 1.29 is 19.4 Å². The molecule has 0 aromatic rings. The van der Waals surface area contributed by atoms with Gasteiger partial charge in [0.2, 0.25) is 0 Å². The van der Waals surface area contributed by atoms with Crippen molar-refractivity contribution >= 4 is 98.8 Å². The van der Waals surface area contributed by atoms with Gasteiger partial charge in [-0.2, -0.15) is 0 Å². The van der Waals surface area contributed by atoms with Gasteiger partial charge in [0.05, 0.1) is 6.61 Å². The van der Waals surface area contributed by atoms with Crippen molar-refractivity contribution in [3.63, 3.8) is 0 Å².